The van der Waals surface area contributed by atoms with E-state index in [2.05, 4.69) is 54.0 Å². The molecular formula is C15H22N2. The molecule has 0 amide bonds. The van der Waals surface area contributed by atoms with Gasteiger partial charge in [0.15, 0.2) is 0 Å². The molecule has 2 heteroatoms. The summed E-state index contributed by atoms with van der Waals surface area (Å²) in [5.74, 6) is 0.820. The lowest BCUT2D eigenvalue weighted by atomic mass is 9.99. The molecule has 0 aromatic carbocycles. The highest BCUT2D eigenvalue weighted by atomic mass is 15.0. The Balaban J connectivity index is 2.00. The average Bonchev–Trinajstić information content (AvgIpc) is 2.97. The Morgan fingerprint density at radius 3 is 2.71 bits per heavy atom. The minimum atomic E-state index is 0.820. The first kappa shape index (κ1) is 12.0. The van der Waals surface area contributed by atoms with Gasteiger partial charge in [0.1, 0.15) is 0 Å². The third-order valence-corrected chi connectivity index (χ3v) is 3.36. The first-order valence-electron chi connectivity index (χ1n) is 6.61. The summed E-state index contributed by atoms with van der Waals surface area (Å²) in [4.78, 5) is 3.37. The van der Waals surface area contributed by atoms with Crippen LogP contribution in [0.15, 0.2) is 36.8 Å². The molecule has 1 unspecified atom stereocenters. The van der Waals surface area contributed by atoms with Crippen LogP contribution >= 0.6 is 0 Å². The van der Waals surface area contributed by atoms with Gasteiger partial charge in [-0.2, -0.15) is 0 Å². The first-order chi connectivity index (χ1) is 8.31. The van der Waals surface area contributed by atoms with Crippen LogP contribution in [0.25, 0.3) is 5.69 Å². The number of hydrogen-bond acceptors (Lipinski definition) is 0. The van der Waals surface area contributed by atoms with E-state index in [-0.39, 0.29) is 0 Å². The van der Waals surface area contributed by atoms with E-state index in [4.69, 9.17) is 0 Å². The van der Waals surface area contributed by atoms with Crippen molar-refractivity contribution in [3.8, 4) is 5.69 Å². The lowest BCUT2D eigenvalue weighted by Gasteiger charge is -2.10. The monoisotopic (exact) mass is 230 g/mol. The largest absolute Gasteiger partial charge is 0.363 e. The summed E-state index contributed by atoms with van der Waals surface area (Å²) in [7, 11) is 0. The molecule has 0 spiro atoms. The molecule has 0 fully saturated rings. The van der Waals surface area contributed by atoms with Crippen LogP contribution in [0, 0.1) is 5.92 Å². The zero-order chi connectivity index (χ0) is 12.1. The van der Waals surface area contributed by atoms with Crippen molar-refractivity contribution in [2.24, 2.45) is 5.92 Å². The number of rotatable bonds is 6. The highest BCUT2D eigenvalue weighted by Crippen LogP contribution is 2.18. The summed E-state index contributed by atoms with van der Waals surface area (Å²) < 4.78 is 2.18. The fraction of sp³-hybridized carbons (Fsp3) is 0.467. The molecule has 2 heterocycles. The van der Waals surface area contributed by atoms with Crippen molar-refractivity contribution in [1.29, 1.82) is 0 Å². The van der Waals surface area contributed by atoms with Crippen molar-refractivity contribution >= 4 is 0 Å². The van der Waals surface area contributed by atoms with E-state index in [1.165, 1.54) is 30.6 Å². The van der Waals surface area contributed by atoms with Gasteiger partial charge >= 0.3 is 0 Å². The van der Waals surface area contributed by atoms with Crippen LogP contribution < -0.4 is 0 Å². The fourth-order valence-electron chi connectivity index (χ4n) is 2.36. The number of aryl methyl sites for hydroxylation is 1. The SMILES string of the molecule is CCCC(C)CCc1[nH]ccc1-n1cccc1. The maximum atomic E-state index is 3.37. The molecule has 1 N–H and O–H groups in total. The molecule has 2 aromatic heterocycles. The van der Waals surface area contributed by atoms with Crippen LogP contribution in [0.5, 0.6) is 0 Å². The van der Waals surface area contributed by atoms with Crippen molar-refractivity contribution < 1.29 is 0 Å². The number of nitrogens with one attached hydrogen (secondary N) is 1. The second-order valence-corrected chi connectivity index (χ2v) is 4.86. The molecule has 0 saturated heterocycles. The summed E-state index contributed by atoms with van der Waals surface area (Å²) >= 11 is 0. The van der Waals surface area contributed by atoms with E-state index in [0.717, 1.165) is 12.3 Å². The van der Waals surface area contributed by atoms with Crippen LogP contribution in [0.2, 0.25) is 0 Å². The van der Waals surface area contributed by atoms with E-state index in [9.17, 15) is 0 Å². The van der Waals surface area contributed by atoms with Gasteiger partial charge in [-0.25, -0.2) is 0 Å². The topological polar surface area (TPSA) is 20.7 Å². The predicted molar refractivity (Wildman–Crippen MR) is 72.5 cm³/mol. The van der Waals surface area contributed by atoms with E-state index in [1.807, 2.05) is 6.20 Å². The maximum Gasteiger partial charge on any atom is 0.0657 e. The minimum absolute atomic E-state index is 0.820. The molecule has 0 aliphatic carbocycles. The Morgan fingerprint density at radius 2 is 2.00 bits per heavy atom. The Kier molecular flexibility index (Phi) is 4.08. The second-order valence-electron chi connectivity index (χ2n) is 4.86. The molecule has 2 nitrogen and oxygen atoms in total. The molecule has 1 atom stereocenters. The van der Waals surface area contributed by atoms with Crippen molar-refractivity contribution in [1.82, 2.24) is 9.55 Å². The smallest absolute Gasteiger partial charge is 0.0657 e. The first-order valence-corrected chi connectivity index (χ1v) is 6.61. The van der Waals surface area contributed by atoms with Gasteiger partial charge in [0.25, 0.3) is 0 Å². The Labute approximate surface area is 104 Å². The van der Waals surface area contributed by atoms with Gasteiger partial charge in [-0.3, -0.25) is 0 Å². The lowest BCUT2D eigenvalue weighted by molar-refractivity contribution is 0.484. The highest BCUT2D eigenvalue weighted by molar-refractivity contribution is 5.37. The van der Waals surface area contributed by atoms with Gasteiger partial charge in [-0.1, -0.05) is 26.7 Å². The van der Waals surface area contributed by atoms with Gasteiger partial charge in [-0.15, -0.1) is 0 Å². The quantitative estimate of drug-likeness (QED) is 0.768. The van der Waals surface area contributed by atoms with Crippen molar-refractivity contribution in [3.63, 3.8) is 0 Å². The number of nitrogens with zero attached hydrogens (tertiary/aromatic N) is 1. The molecule has 2 aromatic rings. The molecule has 0 aliphatic rings. The second kappa shape index (κ2) is 5.76. The van der Waals surface area contributed by atoms with Gasteiger partial charge in [0, 0.05) is 24.3 Å². The van der Waals surface area contributed by atoms with E-state index in [0.29, 0.717) is 0 Å². The number of hydrogen-bond donors (Lipinski definition) is 1. The molecule has 0 radical (unpaired) electrons. The molecular weight excluding hydrogens is 208 g/mol. The van der Waals surface area contributed by atoms with Gasteiger partial charge in [0.2, 0.25) is 0 Å². The summed E-state index contributed by atoms with van der Waals surface area (Å²) in [5, 5.41) is 0. The molecule has 92 valence electrons. The molecule has 17 heavy (non-hydrogen) atoms. The molecule has 0 aliphatic heterocycles. The van der Waals surface area contributed by atoms with E-state index in [1.54, 1.807) is 0 Å². The number of H-pyrrole nitrogens is 1. The van der Waals surface area contributed by atoms with Crippen molar-refractivity contribution in [2.75, 3.05) is 0 Å². The zero-order valence-electron chi connectivity index (χ0n) is 10.8. The van der Waals surface area contributed by atoms with Gasteiger partial charge < -0.3 is 9.55 Å². The minimum Gasteiger partial charge on any atom is -0.363 e. The third kappa shape index (κ3) is 3.02. The predicted octanol–water partition coefficient (Wildman–Crippen LogP) is 4.17. The van der Waals surface area contributed by atoms with Crippen LogP contribution in [0.3, 0.4) is 0 Å². The van der Waals surface area contributed by atoms with Gasteiger partial charge in [0.05, 0.1) is 5.69 Å². The molecule has 0 bridgehead atoms. The Morgan fingerprint density at radius 1 is 1.24 bits per heavy atom. The third-order valence-electron chi connectivity index (χ3n) is 3.36. The van der Waals surface area contributed by atoms with Gasteiger partial charge in [-0.05, 0) is 37.0 Å². The van der Waals surface area contributed by atoms with Crippen LogP contribution in [-0.4, -0.2) is 9.55 Å². The normalized spacial score (nSPS) is 12.8. The Hall–Kier alpha value is -1.44. The van der Waals surface area contributed by atoms with Crippen LogP contribution in [-0.2, 0) is 6.42 Å². The molecule has 2 rings (SSSR count). The average molecular weight is 230 g/mol. The standard InChI is InChI=1S/C15H22N2/c1-3-6-13(2)7-8-14-15(9-10-16-14)17-11-4-5-12-17/h4-5,9-13,16H,3,6-8H2,1-2H3. The van der Waals surface area contributed by atoms with Crippen LogP contribution in [0.4, 0.5) is 0 Å². The zero-order valence-corrected chi connectivity index (χ0v) is 10.8. The van der Waals surface area contributed by atoms with Crippen molar-refractivity contribution in [2.45, 2.75) is 39.5 Å². The maximum absolute atomic E-state index is 3.37. The summed E-state index contributed by atoms with van der Waals surface area (Å²) in [5.41, 5.74) is 2.64. The highest BCUT2D eigenvalue weighted by Gasteiger charge is 2.07. The number of aromatic nitrogens is 2. The Bertz CT molecular complexity index is 425. The fourth-order valence-corrected chi connectivity index (χ4v) is 2.36. The van der Waals surface area contributed by atoms with E-state index >= 15 is 0 Å². The number of aromatic amines is 1. The summed E-state index contributed by atoms with van der Waals surface area (Å²) in [6.07, 6.45) is 11.3. The summed E-state index contributed by atoms with van der Waals surface area (Å²) in [6, 6.07) is 6.28. The summed E-state index contributed by atoms with van der Waals surface area (Å²) in [6.45, 7) is 4.61. The van der Waals surface area contributed by atoms with E-state index < -0.39 is 0 Å². The molecule has 0 saturated carbocycles. The van der Waals surface area contributed by atoms with Crippen LogP contribution in [0.1, 0.15) is 38.8 Å². The van der Waals surface area contributed by atoms with Crippen molar-refractivity contribution in [3.05, 3.63) is 42.5 Å². The lowest BCUT2D eigenvalue weighted by Crippen LogP contribution is -2.00.